The van der Waals surface area contributed by atoms with Gasteiger partial charge in [0.05, 0.1) is 16.3 Å². The minimum absolute atomic E-state index is 0.0565. The molecule has 1 aliphatic rings. The molecule has 0 atom stereocenters. The normalized spacial score (nSPS) is 13.9. The Bertz CT molecular complexity index is 1170. The van der Waals surface area contributed by atoms with E-state index >= 15 is 0 Å². The summed E-state index contributed by atoms with van der Waals surface area (Å²) >= 11 is 0. The number of fused-ring (bicyclic) bond motifs is 1. The second kappa shape index (κ2) is 7.28. The molecule has 10 heteroatoms. The van der Waals surface area contributed by atoms with E-state index in [9.17, 15) is 17.6 Å². The van der Waals surface area contributed by atoms with Gasteiger partial charge in [-0.2, -0.15) is 4.98 Å². The summed E-state index contributed by atoms with van der Waals surface area (Å²) in [5.74, 6) is -0.0305. The standard InChI is InChI=1S/C19H16FN3O5S/c1-2-29(25,26)14-7-8-16-15(9-14)23(18(24)11-27-16)10-17-21-19(22-28-17)12-3-5-13(20)6-4-12/h3-9H,2,10-11H2,1H3. The monoisotopic (exact) mass is 417 g/mol. The Morgan fingerprint density at radius 2 is 1.93 bits per heavy atom. The number of halogens is 1. The quantitative estimate of drug-likeness (QED) is 0.629. The van der Waals surface area contributed by atoms with Crippen LogP contribution in [0.4, 0.5) is 10.1 Å². The number of anilines is 1. The molecule has 0 radical (unpaired) electrons. The zero-order valence-corrected chi connectivity index (χ0v) is 16.1. The Morgan fingerprint density at radius 3 is 2.66 bits per heavy atom. The highest BCUT2D eigenvalue weighted by Gasteiger charge is 2.29. The van der Waals surface area contributed by atoms with Gasteiger partial charge < -0.3 is 9.26 Å². The molecule has 150 valence electrons. The van der Waals surface area contributed by atoms with E-state index in [1.807, 2.05) is 0 Å². The van der Waals surface area contributed by atoms with Gasteiger partial charge in [0, 0.05) is 5.56 Å². The first kappa shape index (κ1) is 19.1. The number of ether oxygens (including phenoxy) is 1. The number of rotatable bonds is 5. The lowest BCUT2D eigenvalue weighted by Crippen LogP contribution is -2.38. The number of nitrogens with zero attached hydrogens (tertiary/aromatic N) is 3. The van der Waals surface area contributed by atoms with Gasteiger partial charge >= 0.3 is 0 Å². The fraction of sp³-hybridized carbons (Fsp3) is 0.211. The first-order chi connectivity index (χ1) is 13.9. The summed E-state index contributed by atoms with van der Waals surface area (Å²) < 4.78 is 48.1. The predicted molar refractivity (Wildman–Crippen MR) is 101 cm³/mol. The van der Waals surface area contributed by atoms with Crippen LogP contribution in [-0.4, -0.2) is 36.8 Å². The van der Waals surface area contributed by atoms with E-state index in [4.69, 9.17) is 9.26 Å². The highest BCUT2D eigenvalue weighted by atomic mass is 32.2. The number of carbonyl (C=O) groups excluding carboxylic acids is 1. The maximum Gasteiger partial charge on any atom is 0.265 e. The van der Waals surface area contributed by atoms with E-state index in [2.05, 4.69) is 10.1 Å². The van der Waals surface area contributed by atoms with Crippen LogP contribution in [-0.2, 0) is 21.2 Å². The Balaban J connectivity index is 1.65. The van der Waals surface area contributed by atoms with Crippen molar-refractivity contribution in [2.24, 2.45) is 0 Å². The number of aromatic nitrogens is 2. The molecule has 1 aromatic heterocycles. The predicted octanol–water partition coefficient (Wildman–Crippen LogP) is 2.59. The minimum Gasteiger partial charge on any atom is -0.482 e. The average Bonchev–Trinajstić information content (AvgIpc) is 3.19. The van der Waals surface area contributed by atoms with E-state index in [1.165, 1.54) is 47.4 Å². The zero-order valence-electron chi connectivity index (χ0n) is 15.3. The highest BCUT2D eigenvalue weighted by molar-refractivity contribution is 7.91. The highest BCUT2D eigenvalue weighted by Crippen LogP contribution is 2.35. The van der Waals surface area contributed by atoms with Crippen LogP contribution in [0.3, 0.4) is 0 Å². The van der Waals surface area contributed by atoms with E-state index in [0.717, 1.165) is 0 Å². The van der Waals surface area contributed by atoms with Gasteiger partial charge in [0.25, 0.3) is 5.91 Å². The van der Waals surface area contributed by atoms with Gasteiger partial charge in [-0.15, -0.1) is 0 Å². The molecule has 4 rings (SSSR count). The van der Waals surface area contributed by atoms with Crippen molar-refractivity contribution >= 4 is 21.4 Å². The SMILES string of the molecule is CCS(=O)(=O)c1ccc2c(c1)N(Cc1nc(-c3ccc(F)cc3)no1)C(=O)CO2. The summed E-state index contributed by atoms with van der Waals surface area (Å²) in [7, 11) is -3.46. The number of hydrogen-bond donors (Lipinski definition) is 0. The van der Waals surface area contributed by atoms with Crippen LogP contribution in [0, 0.1) is 5.82 Å². The molecule has 1 amide bonds. The van der Waals surface area contributed by atoms with Crippen LogP contribution in [0.1, 0.15) is 12.8 Å². The van der Waals surface area contributed by atoms with Crippen LogP contribution in [0.15, 0.2) is 51.9 Å². The molecule has 29 heavy (non-hydrogen) atoms. The van der Waals surface area contributed by atoms with Crippen LogP contribution in [0.2, 0.25) is 0 Å². The fourth-order valence-corrected chi connectivity index (χ4v) is 3.79. The lowest BCUT2D eigenvalue weighted by molar-refractivity contribution is -0.121. The number of benzene rings is 2. The Morgan fingerprint density at radius 1 is 1.17 bits per heavy atom. The van der Waals surface area contributed by atoms with Gasteiger partial charge in [0.1, 0.15) is 18.1 Å². The molecule has 1 aliphatic heterocycles. The summed E-state index contributed by atoms with van der Waals surface area (Å²) in [5.41, 5.74) is 0.878. The number of sulfone groups is 1. The van der Waals surface area contributed by atoms with Gasteiger partial charge in [-0.1, -0.05) is 12.1 Å². The molecule has 8 nitrogen and oxygen atoms in total. The molecule has 2 aromatic carbocycles. The summed E-state index contributed by atoms with van der Waals surface area (Å²) in [6, 6.07) is 9.97. The van der Waals surface area contributed by atoms with Gasteiger partial charge in [-0.3, -0.25) is 9.69 Å². The van der Waals surface area contributed by atoms with Crippen molar-refractivity contribution in [2.45, 2.75) is 18.4 Å². The van der Waals surface area contributed by atoms with Crippen LogP contribution in [0.25, 0.3) is 11.4 Å². The summed E-state index contributed by atoms with van der Waals surface area (Å²) in [6.45, 7) is 1.30. The number of hydrogen-bond acceptors (Lipinski definition) is 7. The van der Waals surface area contributed by atoms with Crippen molar-refractivity contribution in [2.75, 3.05) is 17.3 Å². The molecule has 0 fully saturated rings. The van der Waals surface area contributed by atoms with Crippen molar-refractivity contribution in [3.8, 4) is 17.1 Å². The Labute approximate surface area is 165 Å². The zero-order chi connectivity index (χ0) is 20.6. The molecular formula is C19H16FN3O5S. The van der Waals surface area contributed by atoms with Gasteiger partial charge in [0.2, 0.25) is 11.7 Å². The van der Waals surface area contributed by atoms with E-state index in [1.54, 1.807) is 6.92 Å². The largest absolute Gasteiger partial charge is 0.482 e. The van der Waals surface area contributed by atoms with Gasteiger partial charge in [-0.05, 0) is 42.5 Å². The molecule has 0 unspecified atom stereocenters. The van der Waals surface area contributed by atoms with Crippen molar-refractivity contribution in [1.82, 2.24) is 10.1 Å². The van der Waals surface area contributed by atoms with Crippen molar-refractivity contribution in [3.05, 3.63) is 54.2 Å². The van der Waals surface area contributed by atoms with E-state index in [-0.39, 0.29) is 47.2 Å². The third kappa shape index (κ3) is 3.70. The third-order valence-corrected chi connectivity index (χ3v) is 6.21. The van der Waals surface area contributed by atoms with Crippen molar-refractivity contribution < 1.29 is 26.9 Å². The fourth-order valence-electron chi connectivity index (χ4n) is 2.89. The maximum absolute atomic E-state index is 13.1. The lowest BCUT2D eigenvalue weighted by atomic mass is 10.2. The molecule has 0 saturated carbocycles. The van der Waals surface area contributed by atoms with E-state index < -0.39 is 9.84 Å². The second-order valence-corrected chi connectivity index (χ2v) is 8.60. The molecule has 0 N–H and O–H groups in total. The third-order valence-electron chi connectivity index (χ3n) is 4.48. The van der Waals surface area contributed by atoms with Crippen LogP contribution < -0.4 is 9.64 Å². The first-order valence-corrected chi connectivity index (χ1v) is 10.4. The molecule has 3 aromatic rings. The summed E-state index contributed by atoms with van der Waals surface area (Å²) in [4.78, 5) is 18.1. The Kier molecular flexibility index (Phi) is 4.79. The molecule has 0 saturated heterocycles. The van der Waals surface area contributed by atoms with Gasteiger partial charge in [-0.25, -0.2) is 12.8 Å². The van der Waals surface area contributed by atoms with Crippen molar-refractivity contribution in [1.29, 1.82) is 0 Å². The summed E-state index contributed by atoms with van der Waals surface area (Å²) in [6.07, 6.45) is 0. The molecule has 0 aliphatic carbocycles. The molecular weight excluding hydrogens is 401 g/mol. The Hall–Kier alpha value is -3.27. The topological polar surface area (TPSA) is 103 Å². The van der Waals surface area contributed by atoms with Crippen LogP contribution in [0.5, 0.6) is 5.75 Å². The first-order valence-electron chi connectivity index (χ1n) is 8.76. The summed E-state index contributed by atoms with van der Waals surface area (Å²) in [5, 5.41) is 3.86. The van der Waals surface area contributed by atoms with Gasteiger partial charge in [0.15, 0.2) is 16.4 Å². The van der Waals surface area contributed by atoms with Crippen molar-refractivity contribution in [3.63, 3.8) is 0 Å². The molecule has 0 bridgehead atoms. The maximum atomic E-state index is 13.1. The molecule has 0 spiro atoms. The minimum atomic E-state index is -3.46. The average molecular weight is 417 g/mol. The number of amides is 1. The van der Waals surface area contributed by atoms with E-state index in [0.29, 0.717) is 17.0 Å². The van der Waals surface area contributed by atoms with Crippen LogP contribution >= 0.6 is 0 Å². The second-order valence-electron chi connectivity index (χ2n) is 6.32. The molecule has 2 heterocycles. The smallest absolute Gasteiger partial charge is 0.265 e. The lowest BCUT2D eigenvalue weighted by Gasteiger charge is -2.28. The number of carbonyl (C=O) groups is 1.